The van der Waals surface area contributed by atoms with Crippen molar-refractivity contribution in [2.24, 2.45) is 0 Å². The first-order chi connectivity index (χ1) is 17.3. The van der Waals surface area contributed by atoms with Gasteiger partial charge in [0, 0.05) is 43.4 Å². The Morgan fingerprint density at radius 1 is 0.857 bits per heavy atom. The number of likely N-dealkylation sites (tertiary alicyclic amines) is 1. The quantitative estimate of drug-likeness (QED) is 0.455. The number of aromatic hydroxyl groups is 1. The number of piperidine rings is 1. The minimum atomic E-state index is 0.385. The lowest BCUT2D eigenvalue weighted by Gasteiger charge is -2.32. The van der Waals surface area contributed by atoms with Crippen LogP contribution in [0.4, 0.5) is 0 Å². The maximum absolute atomic E-state index is 10.1. The molecule has 2 aromatic carbocycles. The number of hydrogen-bond acceptors (Lipinski definition) is 7. The molecular weight excluding hydrogens is 458 g/mol. The number of morpholine rings is 1. The lowest BCUT2D eigenvalue weighted by molar-refractivity contribution is 0.0410. The summed E-state index contributed by atoms with van der Waals surface area (Å²) in [6.45, 7) is 8.34. The highest BCUT2D eigenvalue weighted by Gasteiger charge is 2.27. The molecule has 0 saturated carbocycles. The summed E-state index contributed by atoms with van der Waals surface area (Å²) in [7, 11) is 0. The second-order valence-electron chi connectivity index (χ2n) is 9.39. The Balaban J connectivity index is 1.24. The van der Waals surface area contributed by atoms with Crippen molar-refractivity contribution in [3.05, 3.63) is 71.5 Å². The van der Waals surface area contributed by atoms with E-state index in [1.165, 1.54) is 5.56 Å². The zero-order valence-electron chi connectivity index (χ0n) is 20.3. The Morgan fingerprint density at radius 3 is 2.37 bits per heavy atom. The highest BCUT2D eigenvalue weighted by molar-refractivity contribution is 7.99. The van der Waals surface area contributed by atoms with Gasteiger partial charge in [0.05, 0.1) is 19.8 Å². The highest BCUT2D eigenvalue weighted by atomic mass is 32.2. The zero-order chi connectivity index (χ0) is 23.9. The number of thioether (sulfide) groups is 1. The first-order valence-electron chi connectivity index (χ1n) is 12.7. The molecule has 5 rings (SSSR count). The first-order valence-corrected chi connectivity index (χ1v) is 13.6. The van der Waals surface area contributed by atoms with Gasteiger partial charge < -0.3 is 14.4 Å². The molecule has 186 valence electrons. The second-order valence-corrected chi connectivity index (χ2v) is 10.5. The van der Waals surface area contributed by atoms with Crippen LogP contribution in [-0.2, 0) is 17.8 Å². The van der Waals surface area contributed by atoms with Crippen LogP contribution in [0.2, 0.25) is 0 Å². The fourth-order valence-electron chi connectivity index (χ4n) is 4.95. The molecule has 2 aliphatic heterocycles. The van der Waals surface area contributed by atoms with E-state index in [9.17, 15) is 5.11 Å². The van der Waals surface area contributed by atoms with E-state index in [2.05, 4.69) is 49.8 Å². The molecule has 1 N–H and O–H groups in total. The van der Waals surface area contributed by atoms with Gasteiger partial charge in [-0.2, -0.15) is 0 Å². The topological polar surface area (TPSA) is 66.7 Å². The van der Waals surface area contributed by atoms with Crippen molar-refractivity contribution in [1.82, 2.24) is 24.6 Å². The summed E-state index contributed by atoms with van der Waals surface area (Å²) < 4.78 is 7.83. The smallest absolute Gasteiger partial charge is 0.191 e. The van der Waals surface area contributed by atoms with Gasteiger partial charge in [-0.3, -0.25) is 9.80 Å². The first kappa shape index (κ1) is 24.3. The van der Waals surface area contributed by atoms with Crippen molar-refractivity contribution in [3.8, 4) is 5.75 Å². The number of para-hydroxylation sites is 1. The van der Waals surface area contributed by atoms with E-state index >= 15 is 0 Å². The minimum Gasteiger partial charge on any atom is -0.508 e. The third kappa shape index (κ3) is 6.44. The average Bonchev–Trinajstić information content (AvgIpc) is 3.29. The normalized spacial score (nSPS) is 18.2. The molecule has 0 bridgehead atoms. The van der Waals surface area contributed by atoms with E-state index < -0.39 is 0 Å². The van der Waals surface area contributed by atoms with Crippen LogP contribution in [0.3, 0.4) is 0 Å². The van der Waals surface area contributed by atoms with Crippen LogP contribution in [0.15, 0.2) is 59.8 Å². The van der Waals surface area contributed by atoms with Gasteiger partial charge in [0.15, 0.2) is 5.16 Å². The van der Waals surface area contributed by atoms with Crippen molar-refractivity contribution in [3.63, 3.8) is 0 Å². The summed E-state index contributed by atoms with van der Waals surface area (Å²) >= 11 is 1.82. The van der Waals surface area contributed by atoms with Crippen molar-refractivity contribution in [1.29, 1.82) is 0 Å². The molecule has 8 heteroatoms. The van der Waals surface area contributed by atoms with Crippen molar-refractivity contribution < 1.29 is 9.84 Å². The molecule has 0 aliphatic carbocycles. The molecule has 7 nitrogen and oxygen atoms in total. The third-order valence-corrected chi connectivity index (χ3v) is 7.96. The number of nitrogens with zero attached hydrogens (tertiary/aromatic N) is 5. The Kier molecular flexibility index (Phi) is 8.36. The largest absolute Gasteiger partial charge is 0.508 e. The lowest BCUT2D eigenvalue weighted by Crippen LogP contribution is -2.37. The third-order valence-electron chi connectivity index (χ3n) is 7.01. The predicted molar refractivity (Wildman–Crippen MR) is 139 cm³/mol. The molecular formula is C27H35N5O2S. The van der Waals surface area contributed by atoms with Gasteiger partial charge in [0.2, 0.25) is 0 Å². The number of phenols is 1. The van der Waals surface area contributed by atoms with Crippen LogP contribution in [-0.4, -0.2) is 81.4 Å². The van der Waals surface area contributed by atoms with Crippen LogP contribution in [0.25, 0.3) is 0 Å². The van der Waals surface area contributed by atoms with E-state index in [1.54, 1.807) is 6.07 Å². The SMILES string of the molecule is Oc1ccccc1CN1CCC(c2nnc(SCCN3CCOCC3)n2Cc2ccccc2)CC1. The second kappa shape index (κ2) is 12.0. The van der Waals surface area contributed by atoms with Crippen LogP contribution in [0.5, 0.6) is 5.75 Å². The number of ether oxygens (including phenoxy) is 1. The summed E-state index contributed by atoms with van der Waals surface area (Å²) in [6.07, 6.45) is 2.11. The van der Waals surface area contributed by atoms with E-state index in [1.807, 2.05) is 30.0 Å². The maximum atomic E-state index is 10.1. The number of rotatable bonds is 9. The molecule has 0 atom stereocenters. The monoisotopic (exact) mass is 493 g/mol. The number of hydrogen-bond donors (Lipinski definition) is 1. The Bertz CT molecular complexity index is 1060. The standard InChI is InChI=1S/C27H35N5O2S/c33-25-9-5-4-8-24(25)21-31-12-10-23(11-13-31)26-28-29-27(32(26)20-22-6-2-1-3-7-22)35-19-16-30-14-17-34-18-15-30/h1-9,23,33H,10-21H2. The summed E-state index contributed by atoms with van der Waals surface area (Å²) in [5.74, 6) is 2.91. The van der Waals surface area contributed by atoms with Gasteiger partial charge in [-0.05, 0) is 37.6 Å². The molecule has 0 radical (unpaired) electrons. The molecule has 2 fully saturated rings. The van der Waals surface area contributed by atoms with Gasteiger partial charge in [0.1, 0.15) is 11.6 Å². The summed E-state index contributed by atoms with van der Waals surface area (Å²) in [5, 5.41) is 20.5. The molecule has 3 heterocycles. The Hall–Kier alpha value is -2.39. The molecule has 0 amide bonds. The summed E-state index contributed by atoms with van der Waals surface area (Å²) in [5.41, 5.74) is 2.28. The van der Waals surface area contributed by atoms with Crippen LogP contribution < -0.4 is 0 Å². The number of aromatic nitrogens is 3. The van der Waals surface area contributed by atoms with Crippen molar-refractivity contribution in [2.45, 2.75) is 37.0 Å². The predicted octanol–water partition coefficient (Wildman–Crippen LogP) is 3.84. The fraction of sp³-hybridized carbons (Fsp3) is 0.481. The number of phenolic OH excluding ortho intramolecular Hbond substituents is 1. The van der Waals surface area contributed by atoms with E-state index in [0.717, 1.165) is 94.2 Å². The van der Waals surface area contributed by atoms with Crippen LogP contribution in [0.1, 0.15) is 35.7 Å². The highest BCUT2D eigenvalue weighted by Crippen LogP contribution is 2.31. The minimum absolute atomic E-state index is 0.385. The van der Waals surface area contributed by atoms with Crippen LogP contribution in [0, 0.1) is 0 Å². The molecule has 3 aromatic rings. The summed E-state index contributed by atoms with van der Waals surface area (Å²) in [6, 6.07) is 18.3. The van der Waals surface area contributed by atoms with Gasteiger partial charge in [-0.1, -0.05) is 60.3 Å². The molecule has 35 heavy (non-hydrogen) atoms. The van der Waals surface area contributed by atoms with E-state index in [-0.39, 0.29) is 0 Å². The van der Waals surface area contributed by atoms with Gasteiger partial charge >= 0.3 is 0 Å². The molecule has 0 spiro atoms. The van der Waals surface area contributed by atoms with Crippen molar-refractivity contribution in [2.75, 3.05) is 51.7 Å². The van der Waals surface area contributed by atoms with Crippen LogP contribution >= 0.6 is 11.8 Å². The Labute approximate surface area is 212 Å². The van der Waals surface area contributed by atoms with Crippen molar-refractivity contribution >= 4 is 11.8 Å². The zero-order valence-corrected chi connectivity index (χ0v) is 21.1. The molecule has 2 aliphatic rings. The lowest BCUT2D eigenvalue weighted by atomic mass is 9.95. The number of benzene rings is 2. The molecule has 0 unspecified atom stereocenters. The van der Waals surface area contributed by atoms with E-state index in [4.69, 9.17) is 9.84 Å². The van der Waals surface area contributed by atoms with Gasteiger partial charge in [-0.25, -0.2) is 0 Å². The fourth-order valence-corrected chi connectivity index (χ4v) is 5.89. The Morgan fingerprint density at radius 2 is 1.60 bits per heavy atom. The van der Waals surface area contributed by atoms with Gasteiger partial charge in [0.25, 0.3) is 0 Å². The van der Waals surface area contributed by atoms with Gasteiger partial charge in [-0.15, -0.1) is 10.2 Å². The maximum Gasteiger partial charge on any atom is 0.191 e. The molecule has 2 saturated heterocycles. The van der Waals surface area contributed by atoms with E-state index in [0.29, 0.717) is 11.7 Å². The molecule has 1 aromatic heterocycles. The average molecular weight is 494 g/mol. The summed E-state index contributed by atoms with van der Waals surface area (Å²) in [4.78, 5) is 4.90.